The lowest BCUT2D eigenvalue weighted by atomic mass is 10.1. The lowest BCUT2D eigenvalue weighted by Gasteiger charge is -2.03. The number of hydrogen-bond acceptors (Lipinski definition) is 3. The van der Waals surface area contributed by atoms with E-state index >= 15 is 0 Å². The molecule has 1 aromatic rings. The molecular weight excluding hydrogens is 172 g/mol. The van der Waals surface area contributed by atoms with Gasteiger partial charge in [0.2, 0.25) is 0 Å². The average molecular weight is 180 g/mol. The Morgan fingerprint density at radius 2 is 2.50 bits per heavy atom. The van der Waals surface area contributed by atoms with Crippen LogP contribution in [0.25, 0.3) is 0 Å². The maximum absolute atomic E-state index is 11.0. The van der Waals surface area contributed by atoms with Gasteiger partial charge in [-0.1, -0.05) is 12.6 Å². The second kappa shape index (κ2) is 2.75. The molecular formula is C9H8O2S. The van der Waals surface area contributed by atoms with E-state index in [-0.39, 0.29) is 12.1 Å². The number of cyclic esters (lactones) is 1. The zero-order valence-electron chi connectivity index (χ0n) is 6.45. The minimum atomic E-state index is -0.256. The number of thiophene rings is 1. The molecule has 1 aliphatic heterocycles. The summed E-state index contributed by atoms with van der Waals surface area (Å²) >= 11 is 1.61. The minimum absolute atomic E-state index is 0.0787. The molecule has 2 nitrogen and oxygen atoms in total. The highest BCUT2D eigenvalue weighted by atomic mass is 32.1. The molecule has 3 heteroatoms. The van der Waals surface area contributed by atoms with Gasteiger partial charge in [0.1, 0.15) is 6.10 Å². The van der Waals surface area contributed by atoms with E-state index in [2.05, 4.69) is 6.58 Å². The zero-order chi connectivity index (χ0) is 8.55. The van der Waals surface area contributed by atoms with Crippen LogP contribution >= 0.6 is 11.3 Å². The summed E-state index contributed by atoms with van der Waals surface area (Å²) in [5.41, 5.74) is 0.577. The van der Waals surface area contributed by atoms with Crippen LogP contribution in [0.1, 0.15) is 17.4 Å². The van der Waals surface area contributed by atoms with Crippen LogP contribution in [0.15, 0.2) is 29.7 Å². The van der Waals surface area contributed by atoms with Crippen molar-refractivity contribution >= 4 is 17.3 Å². The molecule has 0 amide bonds. The summed E-state index contributed by atoms with van der Waals surface area (Å²) in [6.07, 6.45) is 0.560. The molecule has 1 saturated heterocycles. The molecule has 1 atom stereocenters. The molecule has 1 fully saturated rings. The molecule has 2 heterocycles. The molecule has 0 spiro atoms. The van der Waals surface area contributed by atoms with Crippen molar-refractivity contribution in [2.45, 2.75) is 12.5 Å². The van der Waals surface area contributed by atoms with Crippen LogP contribution in [0, 0.1) is 0 Å². The molecule has 0 bridgehead atoms. The molecule has 62 valence electrons. The van der Waals surface area contributed by atoms with Crippen molar-refractivity contribution in [2.75, 3.05) is 0 Å². The number of rotatable bonds is 1. The van der Waals surface area contributed by atoms with Crippen LogP contribution in [0.4, 0.5) is 0 Å². The normalized spacial score (nSPS) is 22.8. The molecule has 0 N–H and O–H groups in total. The van der Waals surface area contributed by atoms with Crippen molar-refractivity contribution < 1.29 is 9.53 Å². The van der Waals surface area contributed by atoms with Gasteiger partial charge < -0.3 is 4.74 Å². The average Bonchev–Trinajstić information content (AvgIpc) is 2.61. The molecule has 0 saturated carbocycles. The standard InChI is InChI=1S/C9H8O2S/c1-6-5-7(11-9(6)10)8-3-2-4-12-8/h2-4,7H,1,5H2/t7-/m0/s1. The molecule has 0 unspecified atom stereocenters. The Labute approximate surface area is 74.5 Å². The van der Waals surface area contributed by atoms with Crippen molar-refractivity contribution in [1.29, 1.82) is 0 Å². The molecule has 1 aliphatic rings. The third kappa shape index (κ3) is 1.16. The Kier molecular flexibility index (Phi) is 1.73. The van der Waals surface area contributed by atoms with E-state index in [0.29, 0.717) is 12.0 Å². The summed E-state index contributed by atoms with van der Waals surface area (Å²) in [5.74, 6) is -0.256. The maximum atomic E-state index is 11.0. The van der Waals surface area contributed by atoms with Crippen LogP contribution in [-0.2, 0) is 9.53 Å². The van der Waals surface area contributed by atoms with Crippen LogP contribution < -0.4 is 0 Å². The van der Waals surface area contributed by atoms with E-state index in [9.17, 15) is 4.79 Å². The van der Waals surface area contributed by atoms with E-state index in [1.54, 1.807) is 11.3 Å². The fourth-order valence-corrected chi connectivity index (χ4v) is 1.95. The zero-order valence-corrected chi connectivity index (χ0v) is 7.26. The van der Waals surface area contributed by atoms with Crippen molar-refractivity contribution in [3.8, 4) is 0 Å². The molecule has 12 heavy (non-hydrogen) atoms. The summed E-state index contributed by atoms with van der Waals surface area (Å²) in [6.45, 7) is 3.63. The Morgan fingerprint density at radius 3 is 3.00 bits per heavy atom. The smallest absolute Gasteiger partial charge is 0.334 e. The second-order valence-corrected chi connectivity index (χ2v) is 3.70. The summed E-state index contributed by atoms with van der Waals surface area (Å²) in [7, 11) is 0. The number of carbonyl (C=O) groups excluding carboxylic acids is 1. The first kappa shape index (κ1) is 7.55. The van der Waals surface area contributed by atoms with Crippen molar-refractivity contribution in [3.63, 3.8) is 0 Å². The van der Waals surface area contributed by atoms with E-state index in [1.165, 1.54) is 0 Å². The van der Waals surface area contributed by atoms with E-state index in [1.807, 2.05) is 17.5 Å². The fraction of sp³-hybridized carbons (Fsp3) is 0.222. The van der Waals surface area contributed by atoms with E-state index < -0.39 is 0 Å². The van der Waals surface area contributed by atoms with Crippen LogP contribution in [0.2, 0.25) is 0 Å². The summed E-state index contributed by atoms with van der Waals surface area (Å²) in [4.78, 5) is 12.1. The van der Waals surface area contributed by atoms with Gasteiger partial charge in [-0.05, 0) is 11.4 Å². The first-order valence-corrected chi connectivity index (χ1v) is 4.57. The Morgan fingerprint density at radius 1 is 1.67 bits per heavy atom. The monoisotopic (exact) mass is 180 g/mol. The van der Waals surface area contributed by atoms with Crippen molar-refractivity contribution in [1.82, 2.24) is 0 Å². The Bertz CT molecular complexity index is 297. The van der Waals surface area contributed by atoms with Crippen LogP contribution in [0.3, 0.4) is 0 Å². The van der Waals surface area contributed by atoms with Gasteiger partial charge >= 0.3 is 5.97 Å². The number of carbonyl (C=O) groups is 1. The summed E-state index contributed by atoms with van der Waals surface area (Å²) < 4.78 is 5.09. The van der Waals surface area contributed by atoms with Gasteiger partial charge in [0, 0.05) is 16.9 Å². The highest BCUT2D eigenvalue weighted by Gasteiger charge is 2.28. The summed E-state index contributed by atoms with van der Waals surface area (Å²) in [6, 6.07) is 3.93. The minimum Gasteiger partial charge on any atom is -0.453 e. The predicted octanol–water partition coefficient (Wildman–Crippen LogP) is 2.29. The molecule has 0 radical (unpaired) electrons. The molecule has 0 aromatic carbocycles. The van der Waals surface area contributed by atoms with Gasteiger partial charge in [0.05, 0.1) is 0 Å². The third-order valence-electron chi connectivity index (χ3n) is 1.83. The van der Waals surface area contributed by atoms with Crippen LogP contribution in [0.5, 0.6) is 0 Å². The Balaban J connectivity index is 2.19. The van der Waals surface area contributed by atoms with E-state index in [0.717, 1.165) is 4.88 Å². The first-order valence-electron chi connectivity index (χ1n) is 3.69. The lowest BCUT2D eigenvalue weighted by molar-refractivity contribution is -0.138. The van der Waals surface area contributed by atoms with Crippen molar-refractivity contribution in [2.24, 2.45) is 0 Å². The molecule has 0 aliphatic carbocycles. The molecule has 2 rings (SSSR count). The highest BCUT2D eigenvalue weighted by Crippen LogP contribution is 2.34. The highest BCUT2D eigenvalue weighted by molar-refractivity contribution is 7.10. The lowest BCUT2D eigenvalue weighted by Crippen LogP contribution is -1.96. The summed E-state index contributed by atoms with van der Waals surface area (Å²) in [5, 5.41) is 1.98. The number of esters is 1. The van der Waals surface area contributed by atoms with Gasteiger partial charge in [-0.15, -0.1) is 11.3 Å². The Hall–Kier alpha value is -1.09. The van der Waals surface area contributed by atoms with E-state index in [4.69, 9.17) is 4.74 Å². The quantitative estimate of drug-likeness (QED) is 0.489. The molecule has 1 aromatic heterocycles. The van der Waals surface area contributed by atoms with Gasteiger partial charge in [0.15, 0.2) is 0 Å². The first-order chi connectivity index (χ1) is 5.77. The van der Waals surface area contributed by atoms with Gasteiger partial charge in [-0.2, -0.15) is 0 Å². The number of ether oxygens (including phenoxy) is 1. The maximum Gasteiger partial charge on any atom is 0.334 e. The van der Waals surface area contributed by atoms with Gasteiger partial charge in [-0.25, -0.2) is 4.79 Å². The van der Waals surface area contributed by atoms with Crippen molar-refractivity contribution in [3.05, 3.63) is 34.5 Å². The van der Waals surface area contributed by atoms with Gasteiger partial charge in [-0.3, -0.25) is 0 Å². The third-order valence-corrected chi connectivity index (χ3v) is 2.79. The van der Waals surface area contributed by atoms with Gasteiger partial charge in [0.25, 0.3) is 0 Å². The second-order valence-electron chi connectivity index (χ2n) is 2.72. The van der Waals surface area contributed by atoms with Crippen LogP contribution in [-0.4, -0.2) is 5.97 Å². The largest absolute Gasteiger partial charge is 0.453 e. The predicted molar refractivity (Wildman–Crippen MR) is 46.9 cm³/mol. The SMILES string of the molecule is C=C1C[C@@H](c2cccs2)OC1=O. The topological polar surface area (TPSA) is 26.3 Å². The number of hydrogen-bond donors (Lipinski definition) is 0. The fourth-order valence-electron chi connectivity index (χ4n) is 1.19.